The van der Waals surface area contributed by atoms with E-state index in [9.17, 15) is 4.11 Å². The third-order valence-electron chi connectivity index (χ3n) is 10.8. The van der Waals surface area contributed by atoms with Gasteiger partial charge in [0.2, 0.25) is 0 Å². The van der Waals surface area contributed by atoms with Crippen LogP contribution in [0, 0.1) is 0 Å². The molecule has 0 N–H and O–H groups in total. The van der Waals surface area contributed by atoms with Crippen molar-refractivity contribution in [1.29, 1.82) is 0 Å². The maximum Gasteiger partial charge on any atom is 0.0720 e. The Hall–Kier alpha value is -6.48. The van der Waals surface area contributed by atoms with Crippen LogP contribution in [0.5, 0.6) is 0 Å². The highest BCUT2D eigenvalue weighted by atomic mass is 32.1. The van der Waals surface area contributed by atoms with Crippen LogP contribution < -0.4 is 4.90 Å². The highest BCUT2D eigenvalue weighted by Gasteiger charge is 2.47. The van der Waals surface area contributed by atoms with Crippen LogP contribution in [0.15, 0.2) is 200 Å². The molecule has 10 aromatic rings. The quantitative estimate of drug-likeness (QED) is 0.173. The van der Waals surface area contributed by atoms with Crippen molar-refractivity contribution in [1.82, 2.24) is 0 Å². The van der Waals surface area contributed by atoms with Crippen LogP contribution in [0.4, 0.5) is 17.1 Å². The van der Waals surface area contributed by atoms with Crippen molar-refractivity contribution in [3.63, 3.8) is 0 Å². The molecule has 1 aliphatic carbocycles. The van der Waals surface area contributed by atoms with E-state index in [1.807, 2.05) is 54.6 Å². The molecule has 0 spiro atoms. The second-order valence-electron chi connectivity index (χ2n) is 13.5. The molecule has 1 aromatic heterocycles. The van der Waals surface area contributed by atoms with E-state index < -0.39 is 35.6 Å². The Balaban J connectivity index is 1.29. The first kappa shape index (κ1) is 23.9. The van der Waals surface area contributed by atoms with Gasteiger partial charge in [-0.05, 0) is 92.0 Å². The zero-order valence-corrected chi connectivity index (χ0v) is 29.2. The molecule has 0 saturated heterocycles. The number of hydrogen-bond donors (Lipinski definition) is 0. The molecule has 2 heteroatoms. The van der Waals surface area contributed by atoms with Gasteiger partial charge in [-0.25, -0.2) is 0 Å². The van der Waals surface area contributed by atoms with Crippen molar-refractivity contribution < 1.29 is 9.60 Å². The van der Waals surface area contributed by atoms with Gasteiger partial charge in [-0.15, -0.1) is 11.3 Å². The first-order valence-corrected chi connectivity index (χ1v) is 18.5. The molecular weight excluding hydrogens is 659 g/mol. The number of rotatable bonds is 5. The summed E-state index contributed by atoms with van der Waals surface area (Å²) in [6.45, 7) is 0. The van der Waals surface area contributed by atoms with E-state index in [1.165, 1.54) is 0 Å². The number of anilines is 3. The van der Waals surface area contributed by atoms with E-state index in [4.69, 9.17) is 5.48 Å². The van der Waals surface area contributed by atoms with Crippen molar-refractivity contribution >= 4 is 70.1 Å². The third kappa shape index (κ3) is 4.43. The summed E-state index contributed by atoms with van der Waals surface area (Å²) < 4.78 is 66.3. The van der Waals surface area contributed by atoms with Crippen molar-refractivity contribution in [3.05, 3.63) is 222 Å². The van der Waals surface area contributed by atoms with Gasteiger partial charge in [-0.3, -0.25) is 0 Å². The Labute approximate surface area is 322 Å². The van der Waals surface area contributed by atoms with Crippen molar-refractivity contribution in [2.75, 3.05) is 4.90 Å². The summed E-state index contributed by atoms with van der Waals surface area (Å²) in [5, 5.41) is 4.45. The average Bonchev–Trinajstić information content (AvgIpc) is 3.80. The van der Waals surface area contributed by atoms with E-state index in [-0.39, 0.29) is 28.4 Å². The standard InChI is InChI=1S/C51H33NS/c1-2-18-37(19-3-1)52(48-26-13-17-35-15-5-7-21-40(35)48)38-29-31-47-44(33-38)41-22-8-10-24-46(41)51(47,45-25-12-16-34-14-4-6-20-39(34)45)36-28-30-43-42-23-9-11-27-49(42)53-50(43)32-36/h1-33H/i4D,6D,12D,14D,16D,20D,25D. The minimum Gasteiger partial charge on any atom is -0.310 e. The molecule has 0 saturated carbocycles. The number of benzene rings is 9. The van der Waals surface area contributed by atoms with Crippen LogP contribution in [0.2, 0.25) is 0 Å². The molecule has 1 aliphatic rings. The Morgan fingerprint density at radius 2 is 1.17 bits per heavy atom. The number of fused-ring (bicyclic) bond motifs is 8. The lowest BCUT2D eigenvalue weighted by Gasteiger charge is -2.35. The summed E-state index contributed by atoms with van der Waals surface area (Å²) in [5.41, 5.74) is 6.07. The van der Waals surface area contributed by atoms with Crippen LogP contribution in [-0.4, -0.2) is 0 Å². The van der Waals surface area contributed by atoms with Gasteiger partial charge in [-0.1, -0.05) is 158 Å². The van der Waals surface area contributed by atoms with Crippen LogP contribution in [0.25, 0.3) is 52.8 Å². The molecule has 9 aromatic carbocycles. The van der Waals surface area contributed by atoms with Crippen LogP contribution in [0.3, 0.4) is 0 Å². The Morgan fingerprint density at radius 1 is 0.434 bits per heavy atom. The van der Waals surface area contributed by atoms with Crippen LogP contribution in [-0.2, 0) is 5.41 Å². The Bertz CT molecular complexity index is 3420. The lowest BCUT2D eigenvalue weighted by molar-refractivity contribution is 0.778. The van der Waals surface area contributed by atoms with Crippen LogP contribution >= 0.6 is 11.3 Å². The van der Waals surface area contributed by atoms with E-state index >= 15 is 0 Å². The largest absolute Gasteiger partial charge is 0.310 e. The van der Waals surface area contributed by atoms with E-state index in [0.29, 0.717) is 0 Å². The van der Waals surface area contributed by atoms with E-state index in [0.717, 1.165) is 75.8 Å². The summed E-state index contributed by atoms with van der Waals surface area (Å²) in [6.07, 6.45) is 0. The maximum absolute atomic E-state index is 9.83. The molecule has 0 amide bonds. The van der Waals surface area contributed by atoms with Crippen molar-refractivity contribution in [3.8, 4) is 11.1 Å². The summed E-state index contributed by atoms with van der Waals surface area (Å²) >= 11 is 1.67. The van der Waals surface area contributed by atoms with Gasteiger partial charge < -0.3 is 4.90 Å². The molecule has 248 valence electrons. The molecule has 0 aliphatic heterocycles. The molecule has 0 bridgehead atoms. The highest BCUT2D eigenvalue weighted by molar-refractivity contribution is 7.25. The smallest absolute Gasteiger partial charge is 0.0720 e. The fourth-order valence-corrected chi connectivity index (χ4v) is 9.74. The third-order valence-corrected chi connectivity index (χ3v) is 11.9. The summed E-state index contributed by atoms with van der Waals surface area (Å²) in [5.74, 6) is 0. The molecule has 1 nitrogen and oxygen atoms in total. The van der Waals surface area contributed by atoms with E-state index in [2.05, 4.69) is 108 Å². The van der Waals surface area contributed by atoms with Gasteiger partial charge >= 0.3 is 0 Å². The normalized spacial score (nSPS) is 16.7. The predicted molar refractivity (Wildman–Crippen MR) is 226 cm³/mol. The minimum atomic E-state index is -1.33. The van der Waals surface area contributed by atoms with Gasteiger partial charge in [0.05, 0.1) is 20.7 Å². The Morgan fingerprint density at radius 3 is 2.11 bits per heavy atom. The maximum atomic E-state index is 9.83. The zero-order valence-electron chi connectivity index (χ0n) is 35.4. The number of nitrogens with zero attached hydrogens (tertiary/aromatic N) is 1. The topological polar surface area (TPSA) is 3.24 Å². The van der Waals surface area contributed by atoms with Crippen molar-refractivity contribution in [2.24, 2.45) is 0 Å². The van der Waals surface area contributed by atoms with E-state index in [1.54, 1.807) is 11.3 Å². The molecule has 0 fully saturated rings. The zero-order chi connectivity index (χ0) is 41.0. The lowest BCUT2D eigenvalue weighted by Crippen LogP contribution is -2.29. The van der Waals surface area contributed by atoms with Crippen molar-refractivity contribution in [2.45, 2.75) is 5.41 Å². The second kappa shape index (κ2) is 11.8. The monoisotopic (exact) mass is 698 g/mol. The molecule has 1 unspecified atom stereocenters. The van der Waals surface area contributed by atoms with Gasteiger partial charge in [0.15, 0.2) is 0 Å². The predicted octanol–water partition coefficient (Wildman–Crippen LogP) is 14.2. The number of thiophene rings is 1. The fraction of sp³-hybridized carbons (Fsp3) is 0.0196. The summed E-state index contributed by atoms with van der Waals surface area (Å²) in [6, 6.07) is 51.3. The molecule has 1 heterocycles. The average molecular weight is 699 g/mol. The van der Waals surface area contributed by atoms with Gasteiger partial charge in [0, 0.05) is 36.9 Å². The first-order valence-electron chi connectivity index (χ1n) is 21.2. The molecular formula is C51H33NS. The van der Waals surface area contributed by atoms with Crippen LogP contribution in [0.1, 0.15) is 31.8 Å². The number of hydrogen-bond acceptors (Lipinski definition) is 2. The highest BCUT2D eigenvalue weighted by Crippen LogP contribution is 2.59. The molecule has 1 atom stereocenters. The van der Waals surface area contributed by atoms with Gasteiger partial charge in [0.25, 0.3) is 0 Å². The first-order chi connectivity index (χ1) is 29.2. The fourth-order valence-electron chi connectivity index (χ4n) is 8.60. The van der Waals surface area contributed by atoms with Gasteiger partial charge in [-0.2, -0.15) is 0 Å². The molecule has 0 radical (unpaired) electrons. The summed E-state index contributed by atoms with van der Waals surface area (Å²) in [4.78, 5) is 2.26. The molecule has 11 rings (SSSR count). The number of para-hydroxylation sites is 1. The minimum absolute atomic E-state index is 0.0620. The van der Waals surface area contributed by atoms with Gasteiger partial charge in [0.1, 0.15) is 0 Å². The molecule has 53 heavy (non-hydrogen) atoms. The lowest BCUT2D eigenvalue weighted by atomic mass is 9.66. The summed E-state index contributed by atoms with van der Waals surface area (Å²) in [7, 11) is 0. The second-order valence-corrected chi connectivity index (χ2v) is 14.6. The SMILES string of the molecule is [2H]c1c([2H])c([2H])c2c(C3(c4ccc5c(c4)sc4ccccc45)c4ccccc4-c4cc(N(c5ccccc5)c5cccc6ccccc56)ccc43)c([2H])c([2H])c([2H])c2c1[2H]. The Kier molecular flexibility index (Phi) is 5.31.